The molecule has 0 spiro atoms. The summed E-state index contributed by atoms with van der Waals surface area (Å²) in [4.78, 5) is 10.8. The Kier molecular flexibility index (Phi) is 5.29. The summed E-state index contributed by atoms with van der Waals surface area (Å²) in [5.74, 6) is -1.30. The van der Waals surface area contributed by atoms with Gasteiger partial charge in [0, 0.05) is 6.54 Å². The summed E-state index contributed by atoms with van der Waals surface area (Å²) in [5, 5.41) is 27.5. The molecule has 0 radical (unpaired) electrons. The second-order valence-corrected chi connectivity index (χ2v) is 6.41. The van der Waals surface area contributed by atoms with Crippen molar-refractivity contribution in [2.75, 3.05) is 20.3 Å². The average Bonchev–Trinajstić information content (AvgIpc) is 2.44. The van der Waals surface area contributed by atoms with Crippen LogP contribution in [0.4, 0.5) is 0 Å². The van der Waals surface area contributed by atoms with E-state index in [1.165, 1.54) is 26.2 Å². The van der Waals surface area contributed by atoms with E-state index in [2.05, 4.69) is 4.72 Å². The highest BCUT2D eigenvalue weighted by atomic mass is 32.2. The minimum absolute atomic E-state index is 0.0313. The number of carbonyl (C=O) groups is 1. The van der Waals surface area contributed by atoms with Crippen LogP contribution in [0.25, 0.3) is 0 Å². The van der Waals surface area contributed by atoms with Crippen molar-refractivity contribution < 1.29 is 33.3 Å². The predicted octanol–water partition coefficient (Wildman–Crippen LogP) is -0.585. The lowest BCUT2D eigenvalue weighted by Gasteiger charge is -2.20. The number of carboxylic acids is 1. The Balaban J connectivity index is 3.09. The lowest BCUT2D eigenvalue weighted by atomic mass is 10.1. The molecule has 0 aromatic heterocycles. The summed E-state index contributed by atoms with van der Waals surface area (Å²) in [6.45, 7) is 0.213. The van der Waals surface area contributed by atoms with Gasteiger partial charge in [-0.15, -0.1) is 0 Å². The fourth-order valence-electron chi connectivity index (χ4n) is 1.41. The third-order valence-electron chi connectivity index (χ3n) is 2.70. The molecule has 0 saturated heterocycles. The number of ether oxygens (including phenoxy) is 1. The molecule has 0 heterocycles. The maximum Gasteiger partial charge on any atom is 0.339 e. The number of benzene rings is 1. The van der Waals surface area contributed by atoms with Crippen LogP contribution in [0.15, 0.2) is 23.1 Å². The zero-order valence-electron chi connectivity index (χ0n) is 11.5. The Bertz CT molecular complexity index is 624. The van der Waals surface area contributed by atoms with Gasteiger partial charge in [0.05, 0.1) is 24.2 Å². The number of aromatic carboxylic acids is 1. The molecule has 1 aromatic rings. The van der Waals surface area contributed by atoms with Crippen molar-refractivity contribution in [2.45, 2.75) is 17.4 Å². The minimum atomic E-state index is -4.02. The van der Waals surface area contributed by atoms with E-state index in [0.717, 1.165) is 6.07 Å². The molecule has 0 aliphatic heterocycles. The van der Waals surface area contributed by atoms with Crippen LogP contribution in [-0.4, -0.2) is 55.6 Å². The zero-order valence-corrected chi connectivity index (χ0v) is 12.3. The first-order valence-corrected chi connectivity index (χ1v) is 7.35. The highest BCUT2D eigenvalue weighted by Gasteiger charge is 2.24. The number of hydrogen-bond donors (Lipinski definition) is 4. The van der Waals surface area contributed by atoms with Gasteiger partial charge in [0.2, 0.25) is 10.0 Å². The van der Waals surface area contributed by atoms with Crippen LogP contribution in [0.2, 0.25) is 0 Å². The van der Waals surface area contributed by atoms with E-state index in [-0.39, 0.29) is 16.2 Å². The summed E-state index contributed by atoms with van der Waals surface area (Å²) in [5.41, 5.74) is -1.91. The molecule has 21 heavy (non-hydrogen) atoms. The normalized spacial score (nSPS) is 14.5. The summed E-state index contributed by atoms with van der Waals surface area (Å²) < 4.78 is 31.0. The van der Waals surface area contributed by atoms with Crippen LogP contribution in [0.5, 0.6) is 5.75 Å². The third-order valence-corrected chi connectivity index (χ3v) is 4.09. The molecular formula is C12H17NO7S. The predicted molar refractivity (Wildman–Crippen MR) is 72.9 cm³/mol. The van der Waals surface area contributed by atoms with Crippen molar-refractivity contribution in [2.24, 2.45) is 0 Å². The minimum Gasteiger partial charge on any atom is -0.496 e. The van der Waals surface area contributed by atoms with Gasteiger partial charge in [-0.05, 0) is 25.1 Å². The molecule has 0 aliphatic rings. The van der Waals surface area contributed by atoms with Gasteiger partial charge >= 0.3 is 5.97 Å². The number of rotatable bonds is 7. The molecule has 1 rings (SSSR count). The quantitative estimate of drug-likeness (QED) is 0.528. The number of methoxy groups -OCH3 is 1. The molecule has 1 atom stereocenters. The third kappa shape index (κ3) is 4.39. The molecule has 1 unspecified atom stereocenters. The molecule has 9 heteroatoms. The summed E-state index contributed by atoms with van der Waals surface area (Å²) in [6.07, 6.45) is 0. The van der Waals surface area contributed by atoms with E-state index >= 15 is 0 Å². The molecule has 0 bridgehead atoms. The Morgan fingerprint density at radius 2 is 2.05 bits per heavy atom. The first kappa shape index (κ1) is 17.4. The van der Waals surface area contributed by atoms with Crippen LogP contribution in [0, 0.1) is 0 Å². The van der Waals surface area contributed by atoms with Gasteiger partial charge < -0.3 is 20.1 Å². The van der Waals surface area contributed by atoms with Gasteiger partial charge in [-0.3, -0.25) is 0 Å². The van der Waals surface area contributed by atoms with Gasteiger partial charge in [0.1, 0.15) is 11.3 Å². The first-order valence-electron chi connectivity index (χ1n) is 5.87. The SMILES string of the molecule is COc1ccc(S(=O)(=O)NCC(C)(O)CO)cc1C(=O)O. The monoisotopic (exact) mass is 319 g/mol. The van der Waals surface area contributed by atoms with Gasteiger partial charge in [0.25, 0.3) is 0 Å². The molecule has 0 aliphatic carbocycles. The van der Waals surface area contributed by atoms with E-state index in [4.69, 9.17) is 14.9 Å². The number of hydrogen-bond acceptors (Lipinski definition) is 6. The second kappa shape index (κ2) is 6.39. The molecule has 1 aromatic carbocycles. The number of sulfonamides is 1. The van der Waals surface area contributed by atoms with Crippen molar-refractivity contribution in [1.29, 1.82) is 0 Å². The highest BCUT2D eigenvalue weighted by molar-refractivity contribution is 7.89. The van der Waals surface area contributed by atoms with Crippen molar-refractivity contribution in [3.63, 3.8) is 0 Å². The van der Waals surface area contributed by atoms with Crippen molar-refractivity contribution in [1.82, 2.24) is 4.72 Å². The van der Waals surface area contributed by atoms with Gasteiger partial charge in [-0.1, -0.05) is 0 Å². The molecule has 0 amide bonds. The van der Waals surface area contributed by atoms with Crippen LogP contribution >= 0.6 is 0 Å². The molecule has 8 nitrogen and oxygen atoms in total. The lowest BCUT2D eigenvalue weighted by molar-refractivity contribution is 0.00681. The fraction of sp³-hybridized carbons (Fsp3) is 0.417. The van der Waals surface area contributed by atoms with Gasteiger partial charge in [-0.2, -0.15) is 0 Å². The van der Waals surface area contributed by atoms with Gasteiger partial charge in [-0.25, -0.2) is 17.9 Å². The smallest absolute Gasteiger partial charge is 0.339 e. The Labute approximate surface area is 122 Å². The van der Waals surface area contributed by atoms with Gasteiger partial charge in [0.15, 0.2) is 0 Å². The highest BCUT2D eigenvalue weighted by Crippen LogP contribution is 2.22. The Morgan fingerprint density at radius 3 is 2.52 bits per heavy atom. The molecule has 0 fully saturated rings. The molecule has 118 valence electrons. The van der Waals surface area contributed by atoms with Crippen LogP contribution in [0.3, 0.4) is 0 Å². The van der Waals surface area contributed by atoms with Crippen molar-refractivity contribution in [3.8, 4) is 5.75 Å². The summed E-state index contributed by atoms with van der Waals surface area (Å²) >= 11 is 0. The maximum atomic E-state index is 12.0. The standard InChI is InChI=1S/C12H17NO7S/c1-12(17,7-14)6-13-21(18,19)8-3-4-10(20-2)9(5-8)11(15)16/h3-5,13-14,17H,6-7H2,1-2H3,(H,15,16). The number of nitrogens with one attached hydrogen (secondary N) is 1. The summed E-state index contributed by atoms with van der Waals surface area (Å²) in [6, 6.07) is 3.36. The van der Waals surface area contributed by atoms with Crippen LogP contribution in [-0.2, 0) is 10.0 Å². The van der Waals surface area contributed by atoms with E-state index in [9.17, 15) is 18.3 Å². The Morgan fingerprint density at radius 1 is 1.43 bits per heavy atom. The van der Waals surface area contributed by atoms with E-state index in [1.807, 2.05) is 0 Å². The van der Waals surface area contributed by atoms with Crippen LogP contribution < -0.4 is 9.46 Å². The van der Waals surface area contributed by atoms with E-state index in [0.29, 0.717) is 0 Å². The van der Waals surface area contributed by atoms with Crippen molar-refractivity contribution in [3.05, 3.63) is 23.8 Å². The second-order valence-electron chi connectivity index (χ2n) is 4.65. The van der Waals surface area contributed by atoms with E-state index in [1.54, 1.807) is 0 Å². The molecule has 0 saturated carbocycles. The largest absolute Gasteiger partial charge is 0.496 e. The van der Waals surface area contributed by atoms with Crippen molar-refractivity contribution >= 4 is 16.0 Å². The first-order chi connectivity index (χ1) is 9.63. The average molecular weight is 319 g/mol. The number of carboxylic acid groups (broad SMARTS) is 1. The topological polar surface area (TPSA) is 133 Å². The molecular weight excluding hydrogens is 302 g/mol. The zero-order chi connectivity index (χ0) is 16.3. The van der Waals surface area contributed by atoms with E-state index < -0.39 is 34.7 Å². The fourth-order valence-corrected chi connectivity index (χ4v) is 2.60. The molecule has 4 N–H and O–H groups in total. The summed E-state index contributed by atoms with van der Waals surface area (Å²) in [7, 11) is -2.75. The van der Waals surface area contributed by atoms with Crippen LogP contribution in [0.1, 0.15) is 17.3 Å². The Hall–Kier alpha value is -1.68. The lowest BCUT2D eigenvalue weighted by Crippen LogP contribution is -2.43. The number of aliphatic hydroxyl groups is 2. The maximum absolute atomic E-state index is 12.0. The number of aliphatic hydroxyl groups excluding tert-OH is 1.